The summed E-state index contributed by atoms with van der Waals surface area (Å²) in [4.78, 5) is 25.4. The minimum Gasteiger partial charge on any atom is -0.459 e. The fourth-order valence-corrected chi connectivity index (χ4v) is 8.26. The quantitative estimate of drug-likeness (QED) is 0.244. The van der Waals surface area contributed by atoms with Gasteiger partial charge in [-0.3, -0.25) is 0 Å². The van der Waals surface area contributed by atoms with E-state index < -0.39 is 59.4 Å². The second-order valence-electron chi connectivity index (χ2n) is 13.0. The summed E-state index contributed by atoms with van der Waals surface area (Å²) in [6.07, 6.45) is 5.85. The smallest absolute Gasteiger partial charge is 0.338 e. The monoisotopic (exact) mass is 610 g/mol. The van der Waals surface area contributed by atoms with Crippen molar-refractivity contribution in [2.75, 3.05) is 6.61 Å². The number of fused-ring (bicyclic) bond motifs is 1. The fourth-order valence-electron chi connectivity index (χ4n) is 8.26. The van der Waals surface area contributed by atoms with Gasteiger partial charge in [-0.25, -0.2) is 9.59 Å². The van der Waals surface area contributed by atoms with Crippen LogP contribution < -0.4 is 0 Å². The molecule has 6 rings (SSSR count). The first kappa shape index (κ1) is 31.1. The van der Waals surface area contributed by atoms with E-state index >= 15 is 0 Å². The van der Waals surface area contributed by atoms with E-state index in [1.807, 2.05) is 0 Å². The number of carbonyl (C=O) groups excluding carboxylic acids is 2. The number of carbonyl (C=O) groups is 2. The van der Waals surface area contributed by atoms with Crippen molar-refractivity contribution in [3.63, 3.8) is 0 Å². The van der Waals surface area contributed by atoms with Gasteiger partial charge in [-0.1, -0.05) is 37.1 Å². The zero-order chi connectivity index (χ0) is 31.3. The minimum atomic E-state index is -2.47. The number of benzene rings is 2. The van der Waals surface area contributed by atoms with Crippen molar-refractivity contribution in [3.8, 4) is 0 Å². The molecule has 0 spiro atoms. The van der Waals surface area contributed by atoms with Gasteiger partial charge in [-0.15, -0.1) is 0 Å². The summed E-state index contributed by atoms with van der Waals surface area (Å²) < 4.78 is 11.2. The van der Waals surface area contributed by atoms with E-state index in [0.717, 1.165) is 64.2 Å². The Morgan fingerprint density at radius 2 is 1.16 bits per heavy atom. The highest BCUT2D eigenvalue weighted by Crippen LogP contribution is 2.75. The van der Waals surface area contributed by atoms with Crippen LogP contribution in [0.5, 0.6) is 0 Å². The molecule has 0 bridgehead atoms. The first-order valence-electron chi connectivity index (χ1n) is 15.8. The topological polar surface area (TPSA) is 174 Å². The van der Waals surface area contributed by atoms with E-state index in [0.29, 0.717) is 5.56 Å². The maximum Gasteiger partial charge on any atom is 0.338 e. The Morgan fingerprint density at radius 3 is 1.59 bits per heavy atom. The van der Waals surface area contributed by atoms with Crippen LogP contribution >= 0.6 is 0 Å². The summed E-state index contributed by atoms with van der Waals surface area (Å²) in [7, 11) is 0. The molecule has 10 heteroatoms. The van der Waals surface area contributed by atoms with Crippen LogP contribution in [-0.4, -0.2) is 90.4 Å². The average Bonchev–Trinajstić information content (AvgIpc) is 3.05. The molecule has 4 aliphatic carbocycles. The lowest BCUT2D eigenvalue weighted by atomic mass is 9.30. The number of esters is 2. The summed E-state index contributed by atoms with van der Waals surface area (Å²) in [5, 5.41) is 67.5. The van der Waals surface area contributed by atoms with Gasteiger partial charge >= 0.3 is 11.9 Å². The van der Waals surface area contributed by atoms with Gasteiger partial charge in [0.25, 0.3) is 0 Å². The zero-order valence-electron chi connectivity index (χ0n) is 24.7. The summed E-state index contributed by atoms with van der Waals surface area (Å²) in [6, 6.07) is 11.9. The first-order valence-corrected chi connectivity index (χ1v) is 15.8. The van der Waals surface area contributed by atoms with Crippen LogP contribution in [-0.2, 0) is 9.47 Å². The Morgan fingerprint density at radius 1 is 0.727 bits per heavy atom. The summed E-state index contributed by atoms with van der Waals surface area (Å²) >= 11 is 0. The third-order valence-electron chi connectivity index (χ3n) is 10.6. The van der Waals surface area contributed by atoms with Crippen molar-refractivity contribution in [3.05, 3.63) is 70.8 Å². The van der Waals surface area contributed by atoms with E-state index in [4.69, 9.17) is 9.47 Å². The number of aliphatic hydroxyl groups excluding tert-OH is 3. The Hall–Kier alpha value is -2.86. The van der Waals surface area contributed by atoms with Crippen molar-refractivity contribution >= 4 is 11.9 Å². The molecule has 7 atom stereocenters. The normalized spacial score (nSPS) is 34.6. The van der Waals surface area contributed by atoms with Gasteiger partial charge < -0.3 is 40.1 Å². The molecule has 0 aliphatic heterocycles. The summed E-state index contributed by atoms with van der Waals surface area (Å²) in [6.45, 7) is -0.925. The largest absolute Gasteiger partial charge is 0.459 e. The SMILES string of the molecule is O=C(OC1CCCCC1)c1ccc(C2C(O)[C@@]3(O)C(c4ccc(C(=O)OC5CCCCC5)cc4)[C@@](O)([C@H](O)CO)[C@@]23O)cc1. The molecular weight excluding hydrogens is 568 g/mol. The highest BCUT2D eigenvalue weighted by atomic mass is 16.5. The number of rotatable bonds is 8. The summed E-state index contributed by atoms with van der Waals surface area (Å²) in [5.41, 5.74) is -6.08. The van der Waals surface area contributed by atoms with Gasteiger partial charge in [0.1, 0.15) is 35.1 Å². The molecule has 6 N–H and O–H groups in total. The molecule has 0 saturated heterocycles. The Labute approximate surface area is 256 Å². The predicted octanol–water partition coefficient (Wildman–Crippen LogP) is 2.47. The van der Waals surface area contributed by atoms with Crippen molar-refractivity contribution in [1.82, 2.24) is 0 Å². The lowest BCUT2D eigenvalue weighted by molar-refractivity contribution is -0.459. The average molecular weight is 611 g/mol. The molecule has 0 radical (unpaired) electrons. The molecule has 44 heavy (non-hydrogen) atoms. The minimum absolute atomic E-state index is 0.126. The third kappa shape index (κ3) is 4.61. The second-order valence-corrected chi connectivity index (χ2v) is 13.0. The number of hydrogen-bond acceptors (Lipinski definition) is 10. The molecule has 2 aromatic carbocycles. The molecule has 3 unspecified atom stereocenters. The van der Waals surface area contributed by atoms with Gasteiger partial charge in [-0.05, 0) is 86.8 Å². The van der Waals surface area contributed by atoms with E-state index in [9.17, 15) is 40.2 Å². The van der Waals surface area contributed by atoms with Crippen LogP contribution in [0.25, 0.3) is 0 Å². The Kier molecular flexibility index (Phi) is 8.36. The van der Waals surface area contributed by atoms with Gasteiger partial charge in [0.05, 0.1) is 29.8 Å². The highest BCUT2D eigenvalue weighted by molar-refractivity contribution is 5.90. The number of aliphatic hydroxyl groups is 6. The van der Waals surface area contributed by atoms with E-state index in [2.05, 4.69) is 0 Å². The lowest BCUT2D eigenvalue weighted by Crippen LogP contribution is -2.99. The second kappa shape index (κ2) is 11.8. The van der Waals surface area contributed by atoms with E-state index in [-0.39, 0.29) is 28.9 Å². The molecule has 0 aromatic heterocycles. The van der Waals surface area contributed by atoms with Crippen LogP contribution in [0.2, 0.25) is 0 Å². The van der Waals surface area contributed by atoms with Crippen LogP contribution in [0.4, 0.5) is 0 Å². The predicted molar refractivity (Wildman–Crippen MR) is 157 cm³/mol. The van der Waals surface area contributed by atoms with Crippen LogP contribution in [0.15, 0.2) is 48.5 Å². The van der Waals surface area contributed by atoms with E-state index in [1.54, 1.807) is 0 Å². The molecular formula is C34H42O10. The molecule has 4 saturated carbocycles. The molecule has 238 valence electrons. The lowest BCUT2D eigenvalue weighted by Gasteiger charge is -2.80. The summed E-state index contributed by atoms with van der Waals surface area (Å²) in [5.74, 6) is -3.62. The van der Waals surface area contributed by atoms with Crippen molar-refractivity contribution in [1.29, 1.82) is 0 Å². The molecule has 0 heterocycles. The van der Waals surface area contributed by atoms with Crippen molar-refractivity contribution in [2.24, 2.45) is 0 Å². The maximum atomic E-state index is 12.7. The van der Waals surface area contributed by atoms with Gasteiger partial charge in [0.2, 0.25) is 0 Å². The van der Waals surface area contributed by atoms with Gasteiger partial charge in [0.15, 0.2) is 0 Å². The molecule has 4 fully saturated rings. The van der Waals surface area contributed by atoms with Crippen LogP contribution in [0.1, 0.15) is 108 Å². The van der Waals surface area contributed by atoms with Crippen molar-refractivity contribution in [2.45, 2.75) is 117 Å². The van der Waals surface area contributed by atoms with Gasteiger partial charge in [0, 0.05) is 5.92 Å². The molecule has 10 nitrogen and oxygen atoms in total. The number of hydrogen-bond donors (Lipinski definition) is 6. The van der Waals surface area contributed by atoms with E-state index in [1.165, 1.54) is 48.5 Å². The van der Waals surface area contributed by atoms with Crippen LogP contribution in [0, 0.1) is 0 Å². The standard InChI is InChI=1S/C34H42O10/c35-19-26(36)32(40)28(21-13-17-23(18-14-21)31(39)44-25-9-5-2-6-10-25)33(41)29(37)27(34(32,33)42)20-11-15-22(16-12-20)30(38)43-24-7-3-1-4-8-24/h11-18,24-29,35-37,40-42H,1-10,19H2/t26-,27?,28?,29?,32+,33+,34+/m1/s1. The Balaban J connectivity index is 1.23. The first-order chi connectivity index (χ1) is 21.1. The zero-order valence-corrected chi connectivity index (χ0v) is 24.7. The molecule has 2 aromatic rings. The maximum absolute atomic E-state index is 12.7. The van der Waals surface area contributed by atoms with Crippen LogP contribution in [0.3, 0.4) is 0 Å². The van der Waals surface area contributed by atoms with Crippen molar-refractivity contribution < 1.29 is 49.7 Å². The Bertz CT molecular complexity index is 1350. The fraction of sp³-hybridized carbons (Fsp3) is 0.588. The number of ether oxygens (including phenoxy) is 2. The molecule has 4 aliphatic rings. The highest BCUT2D eigenvalue weighted by Gasteiger charge is 2.93. The third-order valence-corrected chi connectivity index (χ3v) is 10.6. The van der Waals surface area contributed by atoms with Gasteiger partial charge in [-0.2, -0.15) is 0 Å². The molecule has 0 amide bonds.